The minimum absolute atomic E-state index is 0.0380. The lowest BCUT2D eigenvalue weighted by molar-refractivity contribution is -0.870. The molecule has 592 valence electrons. The van der Waals surface area contributed by atoms with Crippen LogP contribution >= 0.6 is 7.82 Å². The molecule has 1 N–H and O–H groups in total. The Kier molecular flexibility index (Phi) is 80.3. The van der Waals surface area contributed by atoms with Gasteiger partial charge < -0.3 is 18.9 Å². The lowest BCUT2D eigenvalue weighted by Gasteiger charge is -2.24. The van der Waals surface area contributed by atoms with Crippen molar-refractivity contribution in [3.8, 4) is 0 Å². The molecule has 0 saturated carbocycles. The first-order chi connectivity index (χ1) is 48.5. The van der Waals surface area contributed by atoms with Gasteiger partial charge in [-0.15, -0.1) is 0 Å². The van der Waals surface area contributed by atoms with E-state index in [1.807, 2.05) is 21.1 Å². The summed E-state index contributed by atoms with van der Waals surface area (Å²) in [5, 5.41) is 0. The van der Waals surface area contributed by atoms with E-state index in [9.17, 15) is 19.0 Å². The highest BCUT2D eigenvalue weighted by Gasteiger charge is 2.27. The van der Waals surface area contributed by atoms with Gasteiger partial charge in [0.1, 0.15) is 19.8 Å². The zero-order chi connectivity index (χ0) is 71.8. The van der Waals surface area contributed by atoms with Crippen molar-refractivity contribution in [1.29, 1.82) is 0 Å². The topological polar surface area (TPSA) is 108 Å². The van der Waals surface area contributed by atoms with E-state index in [2.05, 4.69) is 13.8 Å². The number of phosphoric ester groups is 1. The summed E-state index contributed by atoms with van der Waals surface area (Å²) in [7, 11) is 1.51. The maximum Gasteiger partial charge on any atom is 0.472 e. The predicted molar refractivity (Wildman–Crippen MR) is 432 cm³/mol. The molecule has 9 nitrogen and oxygen atoms in total. The maximum absolute atomic E-state index is 12.9. The van der Waals surface area contributed by atoms with E-state index in [4.69, 9.17) is 18.5 Å². The summed E-state index contributed by atoms with van der Waals surface area (Å²) < 4.78 is 34.9. The third kappa shape index (κ3) is 85.8. The standard InChI is InChI=1S/C89H178NO8P/c1-6-8-10-12-14-16-18-20-22-24-26-28-30-32-34-36-38-40-42-44-46-48-50-52-54-56-58-60-62-64-66-68-70-72-74-76-78-80-82-89(92)98-87(86-97-99(93,94)96-84-83-90(3,4)5)85-95-88(91)81-79-77-75-73-71-69-67-65-63-61-59-57-55-53-51-49-47-45-43-41-39-37-35-33-31-29-27-25-23-21-19-17-15-13-11-9-7-2/h87H,6-86H2,1-5H3/p+1. The largest absolute Gasteiger partial charge is 0.472 e. The molecular formula is C89H179NO8P+. The highest BCUT2D eigenvalue weighted by Crippen LogP contribution is 2.43. The fourth-order valence-electron chi connectivity index (χ4n) is 14.5. The second-order valence-corrected chi connectivity index (χ2v) is 34.2. The van der Waals surface area contributed by atoms with Crippen molar-refractivity contribution >= 4 is 19.8 Å². The normalized spacial score (nSPS) is 12.8. The SMILES string of the molecule is CCCCCCCCCCCCCCCCCCCCCCCCCCCCCCCCCCCCCCCCC(=O)OC(COC(=O)CCCCCCCCCCCCCCCCCCCCCCCCCCCCCCCCCCCCCCC)COP(=O)(O)OCC[N+](C)(C)C. The van der Waals surface area contributed by atoms with Crippen molar-refractivity contribution in [2.75, 3.05) is 47.5 Å². The van der Waals surface area contributed by atoms with E-state index in [1.165, 1.54) is 443 Å². The van der Waals surface area contributed by atoms with Crippen LogP contribution in [0.4, 0.5) is 0 Å². The quantitative estimate of drug-likeness (QED) is 0.0278. The number of unbranched alkanes of at least 4 members (excludes halogenated alkanes) is 73. The van der Waals surface area contributed by atoms with E-state index >= 15 is 0 Å². The third-order valence-corrected chi connectivity index (χ3v) is 22.4. The highest BCUT2D eigenvalue weighted by atomic mass is 31.2. The monoisotopic (exact) mass is 1420 g/mol. The van der Waals surface area contributed by atoms with Crippen LogP contribution in [0.3, 0.4) is 0 Å². The molecule has 0 rings (SSSR count). The Bertz CT molecular complexity index is 1620. The Hall–Kier alpha value is -0.990. The van der Waals surface area contributed by atoms with Gasteiger partial charge in [0.05, 0.1) is 27.7 Å². The summed E-state index contributed by atoms with van der Waals surface area (Å²) >= 11 is 0. The van der Waals surface area contributed by atoms with Crippen LogP contribution in [0.15, 0.2) is 0 Å². The number of rotatable bonds is 87. The van der Waals surface area contributed by atoms with Gasteiger partial charge in [0.2, 0.25) is 0 Å². The van der Waals surface area contributed by atoms with Gasteiger partial charge in [-0.3, -0.25) is 18.6 Å². The number of carbonyl (C=O) groups is 2. The number of likely N-dealkylation sites (N-methyl/N-ethyl adjacent to an activating group) is 1. The van der Waals surface area contributed by atoms with Gasteiger partial charge in [-0.2, -0.15) is 0 Å². The number of ether oxygens (including phenoxy) is 2. The summed E-state index contributed by atoms with van der Waals surface area (Å²) in [6.07, 6.45) is 103. The molecule has 0 fully saturated rings. The molecule has 0 aromatic rings. The molecule has 2 atom stereocenters. The minimum atomic E-state index is -4.39. The third-order valence-electron chi connectivity index (χ3n) is 21.4. The summed E-state index contributed by atoms with van der Waals surface area (Å²) in [5.74, 6) is -0.762. The molecular weight excluding hydrogens is 1240 g/mol. The molecule has 99 heavy (non-hydrogen) atoms. The van der Waals surface area contributed by atoms with Crippen LogP contribution in [0.5, 0.6) is 0 Å². The second kappa shape index (κ2) is 81.1. The number of esters is 2. The van der Waals surface area contributed by atoms with Gasteiger partial charge in [0.15, 0.2) is 6.10 Å². The Morgan fingerprint density at radius 2 is 0.455 bits per heavy atom. The van der Waals surface area contributed by atoms with Crippen molar-refractivity contribution in [1.82, 2.24) is 0 Å². The average Bonchev–Trinajstić information content (AvgIpc) is 1.02. The van der Waals surface area contributed by atoms with E-state index in [1.54, 1.807) is 0 Å². The van der Waals surface area contributed by atoms with Crippen molar-refractivity contribution in [3.63, 3.8) is 0 Å². The van der Waals surface area contributed by atoms with E-state index in [0.29, 0.717) is 17.4 Å². The minimum Gasteiger partial charge on any atom is -0.462 e. The first-order valence-electron chi connectivity index (χ1n) is 45.3. The van der Waals surface area contributed by atoms with Gasteiger partial charge in [-0.25, -0.2) is 4.57 Å². The molecule has 0 heterocycles. The first-order valence-corrected chi connectivity index (χ1v) is 46.8. The lowest BCUT2D eigenvalue weighted by atomic mass is 10.0. The second-order valence-electron chi connectivity index (χ2n) is 32.7. The van der Waals surface area contributed by atoms with Crippen LogP contribution in [-0.4, -0.2) is 74.9 Å². The number of phosphoric acid groups is 1. The van der Waals surface area contributed by atoms with E-state index in [-0.39, 0.29) is 25.6 Å². The smallest absolute Gasteiger partial charge is 0.462 e. The van der Waals surface area contributed by atoms with Crippen molar-refractivity contribution in [3.05, 3.63) is 0 Å². The molecule has 0 radical (unpaired) electrons. The van der Waals surface area contributed by atoms with Crippen LogP contribution in [0.1, 0.15) is 508 Å². The van der Waals surface area contributed by atoms with Gasteiger partial charge in [-0.05, 0) is 12.8 Å². The Morgan fingerprint density at radius 3 is 0.646 bits per heavy atom. The van der Waals surface area contributed by atoms with Crippen LogP contribution in [0.2, 0.25) is 0 Å². The number of hydrogen-bond acceptors (Lipinski definition) is 7. The number of nitrogens with zero attached hydrogens (tertiary/aromatic N) is 1. The summed E-state index contributed by atoms with van der Waals surface area (Å²) in [4.78, 5) is 36.1. The van der Waals surface area contributed by atoms with Crippen LogP contribution in [-0.2, 0) is 32.7 Å². The van der Waals surface area contributed by atoms with Crippen molar-refractivity contribution in [2.24, 2.45) is 0 Å². The van der Waals surface area contributed by atoms with Crippen LogP contribution in [0, 0.1) is 0 Å². The summed E-state index contributed by atoms with van der Waals surface area (Å²) in [6.45, 7) is 4.55. The molecule has 0 aliphatic carbocycles. The number of carbonyl (C=O) groups excluding carboxylic acids is 2. The first kappa shape index (κ1) is 98.0. The molecule has 0 aliphatic rings. The van der Waals surface area contributed by atoms with Crippen LogP contribution < -0.4 is 0 Å². The number of quaternary nitrogens is 1. The fraction of sp³-hybridized carbons (Fsp3) is 0.978. The Labute approximate surface area is 620 Å². The van der Waals surface area contributed by atoms with Gasteiger partial charge in [0, 0.05) is 12.8 Å². The van der Waals surface area contributed by atoms with E-state index < -0.39 is 26.5 Å². The zero-order valence-corrected chi connectivity index (χ0v) is 68.9. The van der Waals surface area contributed by atoms with Crippen molar-refractivity contribution < 1.29 is 42.1 Å². The molecule has 2 unspecified atom stereocenters. The molecule has 0 amide bonds. The number of hydrogen-bond donors (Lipinski definition) is 1. The fourth-order valence-corrected chi connectivity index (χ4v) is 15.2. The Morgan fingerprint density at radius 1 is 0.273 bits per heavy atom. The van der Waals surface area contributed by atoms with Crippen LogP contribution in [0.25, 0.3) is 0 Å². The van der Waals surface area contributed by atoms with Gasteiger partial charge in [-0.1, -0.05) is 483 Å². The molecule has 0 aliphatic heterocycles. The molecule has 0 spiro atoms. The molecule has 0 aromatic heterocycles. The van der Waals surface area contributed by atoms with Gasteiger partial charge >= 0.3 is 19.8 Å². The summed E-state index contributed by atoms with van der Waals surface area (Å²) in [5.41, 5.74) is 0. The molecule has 0 aromatic carbocycles. The molecule has 0 saturated heterocycles. The average molecular weight is 1420 g/mol. The van der Waals surface area contributed by atoms with Crippen molar-refractivity contribution in [2.45, 2.75) is 514 Å². The highest BCUT2D eigenvalue weighted by molar-refractivity contribution is 7.47. The maximum atomic E-state index is 12.9. The lowest BCUT2D eigenvalue weighted by Crippen LogP contribution is -2.37. The predicted octanol–water partition coefficient (Wildman–Crippen LogP) is 30.4. The zero-order valence-electron chi connectivity index (χ0n) is 68.1. The van der Waals surface area contributed by atoms with Gasteiger partial charge in [0.25, 0.3) is 0 Å². The van der Waals surface area contributed by atoms with E-state index in [0.717, 1.165) is 38.5 Å². The Balaban J connectivity index is 3.81. The molecule has 0 bridgehead atoms. The summed E-state index contributed by atoms with van der Waals surface area (Å²) in [6, 6.07) is 0. The molecule has 10 heteroatoms.